The summed E-state index contributed by atoms with van der Waals surface area (Å²) >= 11 is 0. The molecule has 0 saturated heterocycles. The van der Waals surface area contributed by atoms with Gasteiger partial charge in [0.2, 0.25) is 0 Å². The molecule has 1 aromatic carbocycles. The Kier molecular flexibility index (Phi) is 6.24. The number of hydrogen-bond acceptors (Lipinski definition) is 1. The molecule has 0 atom stereocenters. The molecule has 1 rings (SSSR count). The largest absolute Gasteiger partial charge is 0.299 e. The van der Waals surface area contributed by atoms with Crippen molar-refractivity contribution in [1.82, 2.24) is 0 Å². The third kappa shape index (κ3) is 4.92. The number of hydrogen-bond donors (Lipinski definition) is 0. The maximum atomic E-state index is 10.2. The predicted molar refractivity (Wildman–Crippen MR) is 69.4 cm³/mol. The molecule has 0 N–H and O–H groups in total. The van der Waals surface area contributed by atoms with Gasteiger partial charge >= 0.3 is 0 Å². The fraction of sp³-hybridized carbons (Fsp3) is 0.400. The molecule has 0 amide bonds. The molecule has 1 nitrogen and oxygen atoms in total. The SMILES string of the molecule is CCCCCCc1ccc(/C=C\C=O)cc1. The van der Waals surface area contributed by atoms with Crippen LogP contribution in [0.4, 0.5) is 0 Å². The van der Waals surface area contributed by atoms with Crippen LogP contribution in [0.3, 0.4) is 0 Å². The summed E-state index contributed by atoms with van der Waals surface area (Å²) < 4.78 is 0. The van der Waals surface area contributed by atoms with Crippen LogP contribution >= 0.6 is 0 Å². The highest BCUT2D eigenvalue weighted by molar-refractivity contribution is 5.73. The first kappa shape index (κ1) is 12.7. The van der Waals surface area contributed by atoms with E-state index >= 15 is 0 Å². The Balaban J connectivity index is 2.39. The van der Waals surface area contributed by atoms with Crippen LogP contribution in [-0.2, 0) is 11.2 Å². The molecular weight excluding hydrogens is 196 g/mol. The third-order valence-corrected chi connectivity index (χ3v) is 2.67. The fourth-order valence-corrected chi connectivity index (χ4v) is 1.70. The first-order valence-electron chi connectivity index (χ1n) is 6.07. The van der Waals surface area contributed by atoms with E-state index in [0.717, 1.165) is 18.3 Å². The highest BCUT2D eigenvalue weighted by Gasteiger charge is 1.93. The summed E-state index contributed by atoms with van der Waals surface area (Å²) in [6, 6.07) is 8.43. The van der Waals surface area contributed by atoms with Gasteiger partial charge in [-0.3, -0.25) is 4.79 Å². The second kappa shape index (κ2) is 7.86. The smallest absolute Gasteiger partial charge is 0.142 e. The summed E-state index contributed by atoms with van der Waals surface area (Å²) in [5.41, 5.74) is 2.48. The molecule has 16 heavy (non-hydrogen) atoms. The van der Waals surface area contributed by atoms with E-state index in [1.807, 2.05) is 6.08 Å². The van der Waals surface area contributed by atoms with Gasteiger partial charge < -0.3 is 0 Å². The van der Waals surface area contributed by atoms with Crippen LogP contribution < -0.4 is 0 Å². The van der Waals surface area contributed by atoms with Gasteiger partial charge in [0.15, 0.2) is 0 Å². The van der Waals surface area contributed by atoms with Crippen LogP contribution in [0.5, 0.6) is 0 Å². The zero-order valence-corrected chi connectivity index (χ0v) is 9.99. The Morgan fingerprint density at radius 3 is 2.44 bits per heavy atom. The second-order valence-corrected chi connectivity index (χ2v) is 4.05. The van der Waals surface area contributed by atoms with Crippen molar-refractivity contribution >= 4 is 12.4 Å². The molecule has 86 valence electrons. The molecule has 0 bridgehead atoms. The average Bonchev–Trinajstić information content (AvgIpc) is 2.33. The zero-order valence-electron chi connectivity index (χ0n) is 9.99. The van der Waals surface area contributed by atoms with E-state index in [4.69, 9.17) is 0 Å². The maximum absolute atomic E-state index is 10.2. The topological polar surface area (TPSA) is 17.1 Å². The van der Waals surface area contributed by atoms with Gasteiger partial charge in [0.25, 0.3) is 0 Å². The van der Waals surface area contributed by atoms with Crippen LogP contribution in [-0.4, -0.2) is 6.29 Å². The molecule has 0 aromatic heterocycles. The molecule has 0 heterocycles. The summed E-state index contributed by atoms with van der Waals surface area (Å²) in [6.45, 7) is 2.23. The Hall–Kier alpha value is -1.37. The van der Waals surface area contributed by atoms with Crippen LogP contribution in [0.25, 0.3) is 6.08 Å². The van der Waals surface area contributed by atoms with Gasteiger partial charge in [0, 0.05) is 0 Å². The molecule has 1 heteroatoms. The minimum Gasteiger partial charge on any atom is -0.299 e. The van der Waals surface area contributed by atoms with E-state index < -0.39 is 0 Å². The zero-order chi connectivity index (χ0) is 11.6. The van der Waals surface area contributed by atoms with Gasteiger partial charge in [-0.2, -0.15) is 0 Å². The minimum absolute atomic E-state index is 0.804. The Labute approximate surface area is 98.2 Å². The predicted octanol–water partition coefficient (Wildman–Crippen LogP) is 4.02. The number of benzene rings is 1. The van der Waals surface area contributed by atoms with Crippen LogP contribution in [0.2, 0.25) is 0 Å². The quantitative estimate of drug-likeness (QED) is 0.382. The van der Waals surface area contributed by atoms with E-state index in [9.17, 15) is 4.79 Å². The molecule has 0 aliphatic carbocycles. The summed E-state index contributed by atoms with van der Waals surface area (Å²) in [7, 11) is 0. The van der Waals surface area contributed by atoms with Crippen molar-refractivity contribution in [2.75, 3.05) is 0 Å². The molecule has 0 aliphatic rings. The summed E-state index contributed by atoms with van der Waals surface area (Å²) in [4.78, 5) is 10.2. The van der Waals surface area contributed by atoms with Crippen molar-refractivity contribution in [2.24, 2.45) is 0 Å². The van der Waals surface area contributed by atoms with E-state index in [0.29, 0.717) is 0 Å². The molecule has 0 unspecified atom stereocenters. The number of allylic oxidation sites excluding steroid dienone is 1. The Morgan fingerprint density at radius 2 is 1.81 bits per heavy atom. The van der Waals surface area contributed by atoms with Crippen LogP contribution in [0.15, 0.2) is 30.3 Å². The van der Waals surface area contributed by atoms with Gasteiger partial charge in [-0.25, -0.2) is 0 Å². The standard InChI is InChI=1S/C15H20O/c1-2-3-4-5-7-14-9-11-15(12-10-14)8-6-13-16/h6,8-13H,2-5,7H2,1H3/b8-6-. The molecule has 0 saturated carbocycles. The lowest BCUT2D eigenvalue weighted by Crippen LogP contribution is -1.85. The van der Waals surface area contributed by atoms with Crippen molar-refractivity contribution in [3.8, 4) is 0 Å². The summed E-state index contributed by atoms with van der Waals surface area (Å²) in [5, 5.41) is 0. The lowest BCUT2D eigenvalue weighted by atomic mass is 10.0. The number of aryl methyl sites for hydroxylation is 1. The van der Waals surface area contributed by atoms with Crippen molar-refractivity contribution in [3.05, 3.63) is 41.5 Å². The highest BCUT2D eigenvalue weighted by atomic mass is 16.1. The Morgan fingerprint density at radius 1 is 1.06 bits per heavy atom. The second-order valence-electron chi connectivity index (χ2n) is 4.05. The number of carbonyl (C=O) groups is 1. The lowest BCUT2D eigenvalue weighted by Gasteiger charge is -2.01. The Bertz CT molecular complexity index is 322. The van der Waals surface area contributed by atoms with Gasteiger partial charge in [-0.15, -0.1) is 0 Å². The van der Waals surface area contributed by atoms with E-state index in [2.05, 4.69) is 31.2 Å². The van der Waals surface area contributed by atoms with Crippen LogP contribution in [0, 0.1) is 0 Å². The highest BCUT2D eigenvalue weighted by Crippen LogP contribution is 2.10. The van der Waals surface area contributed by atoms with Crippen molar-refractivity contribution < 1.29 is 4.79 Å². The first-order valence-corrected chi connectivity index (χ1v) is 6.07. The maximum Gasteiger partial charge on any atom is 0.142 e. The molecule has 0 radical (unpaired) electrons. The van der Waals surface area contributed by atoms with E-state index in [-0.39, 0.29) is 0 Å². The van der Waals surface area contributed by atoms with E-state index in [1.165, 1.54) is 37.3 Å². The molecular formula is C15H20O. The van der Waals surface area contributed by atoms with Crippen LogP contribution in [0.1, 0.15) is 43.7 Å². The van der Waals surface area contributed by atoms with Gasteiger partial charge in [-0.1, -0.05) is 56.5 Å². The molecule has 0 spiro atoms. The summed E-state index contributed by atoms with van der Waals surface area (Å²) in [6.07, 6.45) is 10.5. The number of carbonyl (C=O) groups excluding carboxylic acids is 1. The van der Waals surface area contributed by atoms with Crippen molar-refractivity contribution in [3.63, 3.8) is 0 Å². The number of aldehydes is 1. The van der Waals surface area contributed by atoms with Gasteiger partial charge in [0.05, 0.1) is 0 Å². The third-order valence-electron chi connectivity index (χ3n) is 2.67. The number of rotatable bonds is 7. The van der Waals surface area contributed by atoms with Crippen molar-refractivity contribution in [1.29, 1.82) is 0 Å². The van der Waals surface area contributed by atoms with Gasteiger partial charge in [0.1, 0.15) is 6.29 Å². The van der Waals surface area contributed by atoms with E-state index in [1.54, 1.807) is 0 Å². The molecule has 0 aliphatic heterocycles. The normalized spacial score (nSPS) is 10.8. The molecule has 1 aromatic rings. The van der Waals surface area contributed by atoms with Gasteiger partial charge in [-0.05, 0) is 30.0 Å². The molecule has 0 fully saturated rings. The van der Waals surface area contributed by atoms with Crippen molar-refractivity contribution in [2.45, 2.75) is 39.0 Å². The monoisotopic (exact) mass is 216 g/mol. The number of unbranched alkanes of at least 4 members (excludes halogenated alkanes) is 3. The fourth-order valence-electron chi connectivity index (χ4n) is 1.70. The lowest BCUT2D eigenvalue weighted by molar-refractivity contribution is -0.104. The summed E-state index contributed by atoms with van der Waals surface area (Å²) in [5.74, 6) is 0. The first-order chi connectivity index (χ1) is 7.86. The average molecular weight is 216 g/mol. The minimum atomic E-state index is 0.804.